The highest BCUT2D eigenvalue weighted by Crippen LogP contribution is 2.17. The highest BCUT2D eigenvalue weighted by molar-refractivity contribution is 9.10. The molecule has 0 bridgehead atoms. The van der Waals surface area contributed by atoms with Crippen LogP contribution in [-0.2, 0) is 0 Å². The summed E-state index contributed by atoms with van der Waals surface area (Å²) < 4.78 is 0.831. The Kier molecular flexibility index (Phi) is 3.72. The highest BCUT2D eigenvalue weighted by Gasteiger charge is 2.06. The molecule has 1 aromatic rings. The van der Waals surface area contributed by atoms with Crippen molar-refractivity contribution in [2.45, 2.75) is 13.3 Å². The van der Waals surface area contributed by atoms with E-state index in [1.165, 1.54) is 0 Å². The number of ketones is 1. The van der Waals surface area contributed by atoms with Crippen LogP contribution >= 0.6 is 15.9 Å². The summed E-state index contributed by atoms with van der Waals surface area (Å²) in [6.45, 7) is 1.73. The first kappa shape index (κ1) is 10.0. The fraction of sp³-hybridized carbons (Fsp3) is 0.182. The van der Waals surface area contributed by atoms with Crippen molar-refractivity contribution in [3.63, 3.8) is 0 Å². The van der Waals surface area contributed by atoms with E-state index >= 15 is 0 Å². The Morgan fingerprint density at radius 1 is 1.46 bits per heavy atom. The lowest BCUT2D eigenvalue weighted by molar-refractivity contribution is 0.0997. The molecule has 0 atom stereocenters. The third-order valence-corrected chi connectivity index (χ3v) is 2.29. The molecule has 1 rings (SSSR count). The zero-order chi connectivity index (χ0) is 9.68. The van der Waals surface area contributed by atoms with Crippen molar-refractivity contribution in [2.24, 2.45) is 0 Å². The van der Waals surface area contributed by atoms with Gasteiger partial charge in [-0.2, -0.15) is 0 Å². The van der Waals surface area contributed by atoms with Crippen LogP contribution < -0.4 is 0 Å². The molecule has 66 valence electrons. The first-order chi connectivity index (χ1) is 6.25. The second-order valence-corrected chi connectivity index (χ2v) is 3.36. The minimum absolute atomic E-state index is 0.0572. The third kappa shape index (κ3) is 2.71. The molecule has 0 spiro atoms. The molecule has 0 amide bonds. The minimum Gasteiger partial charge on any atom is -0.293 e. The van der Waals surface area contributed by atoms with Crippen molar-refractivity contribution in [1.29, 1.82) is 0 Å². The van der Waals surface area contributed by atoms with Gasteiger partial charge in [0.2, 0.25) is 0 Å². The molecule has 2 heteroatoms. The van der Waals surface area contributed by atoms with Crippen LogP contribution in [0.2, 0.25) is 0 Å². The predicted octanol–water partition coefficient (Wildman–Crippen LogP) is 3.05. The van der Waals surface area contributed by atoms with E-state index < -0.39 is 0 Å². The summed E-state index contributed by atoms with van der Waals surface area (Å²) in [5, 5.41) is 0. The monoisotopic (exact) mass is 236 g/mol. The normalized spacial score (nSPS) is 8.77. The van der Waals surface area contributed by atoms with E-state index in [2.05, 4.69) is 27.8 Å². The first-order valence-electron chi connectivity index (χ1n) is 3.93. The van der Waals surface area contributed by atoms with Gasteiger partial charge >= 0.3 is 0 Å². The maximum absolute atomic E-state index is 11.5. The SMILES string of the molecule is CC#CCC(=O)c1ccccc1Br. The van der Waals surface area contributed by atoms with Crippen molar-refractivity contribution < 1.29 is 4.79 Å². The van der Waals surface area contributed by atoms with Crippen LogP contribution in [0.4, 0.5) is 0 Å². The summed E-state index contributed by atoms with van der Waals surface area (Å²) >= 11 is 3.32. The fourth-order valence-electron chi connectivity index (χ4n) is 0.951. The zero-order valence-electron chi connectivity index (χ0n) is 7.30. The van der Waals surface area contributed by atoms with E-state index in [4.69, 9.17) is 0 Å². The maximum Gasteiger partial charge on any atom is 0.175 e. The van der Waals surface area contributed by atoms with Gasteiger partial charge in [-0.15, -0.1) is 5.92 Å². The van der Waals surface area contributed by atoms with E-state index in [0.717, 1.165) is 4.47 Å². The third-order valence-electron chi connectivity index (χ3n) is 1.60. The number of halogens is 1. The minimum atomic E-state index is 0.0572. The first-order valence-corrected chi connectivity index (χ1v) is 4.72. The Balaban J connectivity index is 2.87. The summed E-state index contributed by atoms with van der Waals surface area (Å²) in [6, 6.07) is 7.38. The van der Waals surface area contributed by atoms with Gasteiger partial charge in [0, 0.05) is 10.0 Å². The average molecular weight is 237 g/mol. The molecule has 0 aliphatic carbocycles. The van der Waals surface area contributed by atoms with E-state index in [9.17, 15) is 4.79 Å². The van der Waals surface area contributed by atoms with Crippen molar-refractivity contribution in [3.8, 4) is 11.8 Å². The predicted molar refractivity (Wildman–Crippen MR) is 56.5 cm³/mol. The van der Waals surface area contributed by atoms with Gasteiger partial charge in [0.1, 0.15) is 0 Å². The number of hydrogen-bond donors (Lipinski definition) is 0. The van der Waals surface area contributed by atoms with Gasteiger partial charge in [0.15, 0.2) is 5.78 Å². The summed E-state index contributed by atoms with van der Waals surface area (Å²) in [6.07, 6.45) is 0.291. The maximum atomic E-state index is 11.5. The quantitative estimate of drug-likeness (QED) is 0.570. The van der Waals surface area contributed by atoms with E-state index in [-0.39, 0.29) is 5.78 Å². The van der Waals surface area contributed by atoms with E-state index in [1.54, 1.807) is 13.0 Å². The van der Waals surface area contributed by atoms with Crippen LogP contribution in [-0.4, -0.2) is 5.78 Å². The standard InChI is InChI=1S/C11H9BrO/c1-2-3-8-11(13)9-6-4-5-7-10(9)12/h4-7H,8H2,1H3. The van der Waals surface area contributed by atoms with Gasteiger partial charge in [-0.25, -0.2) is 0 Å². The van der Waals surface area contributed by atoms with Crippen LogP contribution in [0, 0.1) is 11.8 Å². The second kappa shape index (κ2) is 4.84. The lowest BCUT2D eigenvalue weighted by atomic mass is 10.1. The Hall–Kier alpha value is -1.07. The molecule has 0 N–H and O–H groups in total. The summed E-state index contributed by atoms with van der Waals surface area (Å²) in [4.78, 5) is 11.5. The lowest BCUT2D eigenvalue weighted by Gasteiger charge is -1.98. The Morgan fingerprint density at radius 3 is 2.77 bits per heavy atom. The van der Waals surface area contributed by atoms with Crippen LogP contribution in [0.15, 0.2) is 28.7 Å². The van der Waals surface area contributed by atoms with Gasteiger partial charge < -0.3 is 0 Å². The number of carbonyl (C=O) groups is 1. The molecular formula is C11H9BrO. The van der Waals surface area contributed by atoms with Crippen LogP contribution in [0.25, 0.3) is 0 Å². The number of Topliss-reactive ketones (excluding diaryl/α,β-unsaturated/α-hetero) is 1. The summed E-state index contributed by atoms with van der Waals surface area (Å²) in [5.41, 5.74) is 0.699. The summed E-state index contributed by atoms with van der Waals surface area (Å²) in [5.74, 6) is 5.51. The molecule has 0 aliphatic rings. The molecule has 0 saturated heterocycles. The van der Waals surface area contributed by atoms with Gasteiger partial charge in [-0.1, -0.05) is 40.0 Å². The van der Waals surface area contributed by atoms with E-state index in [1.807, 2.05) is 18.2 Å². The second-order valence-electron chi connectivity index (χ2n) is 2.51. The molecule has 0 saturated carbocycles. The van der Waals surface area contributed by atoms with Gasteiger partial charge in [-0.3, -0.25) is 4.79 Å². The number of carbonyl (C=O) groups excluding carboxylic acids is 1. The molecule has 13 heavy (non-hydrogen) atoms. The molecule has 0 fully saturated rings. The number of benzene rings is 1. The molecule has 0 unspecified atom stereocenters. The smallest absolute Gasteiger partial charge is 0.175 e. The van der Waals surface area contributed by atoms with Crippen molar-refractivity contribution in [2.75, 3.05) is 0 Å². The Bertz CT molecular complexity index is 371. The van der Waals surface area contributed by atoms with Gasteiger partial charge in [-0.05, 0) is 13.0 Å². The molecule has 0 heterocycles. The van der Waals surface area contributed by atoms with Gasteiger partial charge in [0.05, 0.1) is 6.42 Å². The molecule has 1 nitrogen and oxygen atoms in total. The summed E-state index contributed by atoms with van der Waals surface area (Å²) in [7, 11) is 0. The lowest BCUT2D eigenvalue weighted by Crippen LogP contribution is -1.97. The van der Waals surface area contributed by atoms with Crippen molar-refractivity contribution in [1.82, 2.24) is 0 Å². The molecule has 0 radical (unpaired) electrons. The topological polar surface area (TPSA) is 17.1 Å². The Labute approximate surface area is 86.3 Å². The van der Waals surface area contributed by atoms with Crippen LogP contribution in [0.5, 0.6) is 0 Å². The van der Waals surface area contributed by atoms with Crippen LogP contribution in [0.1, 0.15) is 23.7 Å². The van der Waals surface area contributed by atoms with E-state index in [0.29, 0.717) is 12.0 Å². The molecule has 1 aromatic carbocycles. The molecule has 0 aliphatic heterocycles. The fourth-order valence-corrected chi connectivity index (χ4v) is 1.46. The average Bonchev–Trinajstić information content (AvgIpc) is 2.15. The zero-order valence-corrected chi connectivity index (χ0v) is 8.89. The largest absolute Gasteiger partial charge is 0.293 e. The van der Waals surface area contributed by atoms with Gasteiger partial charge in [0.25, 0.3) is 0 Å². The van der Waals surface area contributed by atoms with Crippen molar-refractivity contribution in [3.05, 3.63) is 34.3 Å². The highest BCUT2D eigenvalue weighted by atomic mass is 79.9. The van der Waals surface area contributed by atoms with Crippen LogP contribution in [0.3, 0.4) is 0 Å². The molecular weight excluding hydrogens is 228 g/mol. The number of hydrogen-bond acceptors (Lipinski definition) is 1. The van der Waals surface area contributed by atoms with Crippen molar-refractivity contribution >= 4 is 21.7 Å². The number of rotatable bonds is 2. The molecule has 0 aromatic heterocycles. The Morgan fingerprint density at radius 2 is 2.15 bits per heavy atom.